The molecule has 1 aromatic carbocycles. The molecular formula is C15H19FN2O. The van der Waals surface area contributed by atoms with Gasteiger partial charge in [-0.2, -0.15) is 0 Å². The van der Waals surface area contributed by atoms with Crippen LogP contribution in [0.3, 0.4) is 0 Å². The highest BCUT2D eigenvalue weighted by Gasteiger charge is 2.51. The minimum atomic E-state index is -0.394. The lowest BCUT2D eigenvalue weighted by Gasteiger charge is -2.19. The van der Waals surface area contributed by atoms with Crippen molar-refractivity contribution in [2.24, 2.45) is 0 Å². The predicted molar refractivity (Wildman–Crippen MR) is 71.4 cm³/mol. The van der Waals surface area contributed by atoms with E-state index in [-0.39, 0.29) is 17.8 Å². The number of nitrogens with zero attached hydrogens (tertiary/aromatic N) is 1. The minimum absolute atomic E-state index is 0.111. The zero-order valence-electron chi connectivity index (χ0n) is 11.2. The van der Waals surface area contributed by atoms with Gasteiger partial charge in [-0.15, -0.1) is 0 Å². The van der Waals surface area contributed by atoms with Gasteiger partial charge in [0.1, 0.15) is 5.82 Å². The van der Waals surface area contributed by atoms with Crippen molar-refractivity contribution in [1.29, 1.82) is 0 Å². The first-order chi connectivity index (χ1) is 9.10. The number of amides is 1. The van der Waals surface area contributed by atoms with Gasteiger partial charge in [-0.05, 0) is 50.6 Å². The molecule has 102 valence electrons. The zero-order valence-corrected chi connectivity index (χ0v) is 11.2. The summed E-state index contributed by atoms with van der Waals surface area (Å²) < 4.78 is 13.0. The highest BCUT2D eigenvalue weighted by atomic mass is 19.1. The highest BCUT2D eigenvalue weighted by Crippen LogP contribution is 2.48. The molecule has 1 saturated carbocycles. The molecule has 1 heterocycles. The van der Waals surface area contributed by atoms with Gasteiger partial charge in [-0.1, -0.05) is 12.1 Å². The molecule has 0 spiro atoms. The molecular weight excluding hydrogens is 243 g/mol. The average molecular weight is 262 g/mol. The highest BCUT2D eigenvalue weighted by molar-refractivity contribution is 5.91. The topological polar surface area (TPSA) is 32.3 Å². The first kappa shape index (κ1) is 12.6. The normalized spacial score (nSPS) is 25.3. The van der Waals surface area contributed by atoms with Gasteiger partial charge in [-0.25, -0.2) is 4.39 Å². The Morgan fingerprint density at radius 1 is 1.37 bits per heavy atom. The summed E-state index contributed by atoms with van der Waals surface area (Å²) in [4.78, 5) is 14.7. The summed E-state index contributed by atoms with van der Waals surface area (Å²) in [6, 6.07) is 6.61. The smallest absolute Gasteiger partial charge is 0.230 e. The second-order valence-electron chi connectivity index (χ2n) is 5.81. The lowest BCUT2D eigenvalue weighted by atomic mass is 9.94. The molecule has 0 bridgehead atoms. The van der Waals surface area contributed by atoms with Crippen LogP contribution in [0.2, 0.25) is 0 Å². The van der Waals surface area contributed by atoms with Crippen LogP contribution in [0.15, 0.2) is 24.3 Å². The standard InChI is InChI=1S/C15H19FN2O/c1-18-9-6-13(10-18)17-14(19)15(7-8-15)11-2-4-12(16)5-3-11/h2-5,13H,6-10H2,1H3,(H,17,19). The minimum Gasteiger partial charge on any atom is -0.351 e. The molecule has 3 nitrogen and oxygen atoms in total. The summed E-state index contributed by atoms with van der Waals surface area (Å²) >= 11 is 0. The van der Waals surface area contributed by atoms with Crippen LogP contribution < -0.4 is 5.32 Å². The maximum absolute atomic E-state index is 13.0. The number of benzene rings is 1. The summed E-state index contributed by atoms with van der Waals surface area (Å²) in [5.41, 5.74) is 0.548. The zero-order chi connectivity index (χ0) is 13.5. The van der Waals surface area contributed by atoms with Crippen molar-refractivity contribution < 1.29 is 9.18 Å². The van der Waals surface area contributed by atoms with Gasteiger partial charge >= 0.3 is 0 Å². The molecule has 19 heavy (non-hydrogen) atoms. The molecule has 2 aliphatic rings. The molecule has 1 atom stereocenters. The van der Waals surface area contributed by atoms with Crippen LogP contribution >= 0.6 is 0 Å². The van der Waals surface area contributed by atoms with Gasteiger partial charge in [0.2, 0.25) is 5.91 Å². The average Bonchev–Trinajstić information content (AvgIpc) is 3.10. The number of carbonyl (C=O) groups excluding carboxylic acids is 1. The predicted octanol–water partition coefficient (Wildman–Crippen LogP) is 1.68. The molecule has 0 aromatic heterocycles. The SMILES string of the molecule is CN1CCC(NC(=O)C2(c3ccc(F)cc3)CC2)C1. The Kier molecular flexibility index (Phi) is 3.05. The summed E-state index contributed by atoms with van der Waals surface area (Å²) in [5.74, 6) is -0.142. The van der Waals surface area contributed by atoms with Crippen LogP contribution in [0.5, 0.6) is 0 Å². The van der Waals surface area contributed by atoms with E-state index in [2.05, 4.69) is 17.3 Å². The number of rotatable bonds is 3. The van der Waals surface area contributed by atoms with Gasteiger partial charge in [0.05, 0.1) is 5.41 Å². The summed E-state index contributed by atoms with van der Waals surface area (Å²) in [7, 11) is 2.07. The fraction of sp³-hybridized carbons (Fsp3) is 0.533. The van der Waals surface area contributed by atoms with E-state index < -0.39 is 5.41 Å². The summed E-state index contributed by atoms with van der Waals surface area (Å²) in [6.07, 6.45) is 2.75. The molecule has 3 rings (SSSR count). The lowest BCUT2D eigenvalue weighted by molar-refractivity contribution is -0.124. The van der Waals surface area contributed by atoms with E-state index in [0.717, 1.165) is 37.9 Å². The van der Waals surface area contributed by atoms with Gasteiger partial charge in [0.25, 0.3) is 0 Å². The molecule has 1 aromatic rings. The Bertz CT molecular complexity index is 481. The molecule has 4 heteroatoms. The third kappa shape index (κ3) is 2.37. The lowest BCUT2D eigenvalue weighted by Crippen LogP contribution is -2.42. The van der Waals surface area contributed by atoms with Crippen LogP contribution in [-0.2, 0) is 10.2 Å². The van der Waals surface area contributed by atoms with Gasteiger partial charge in [-0.3, -0.25) is 4.79 Å². The summed E-state index contributed by atoms with van der Waals surface area (Å²) in [6.45, 7) is 1.96. The number of hydrogen-bond acceptors (Lipinski definition) is 2. The molecule has 1 N–H and O–H groups in total. The molecule has 1 amide bonds. The fourth-order valence-corrected chi connectivity index (χ4v) is 2.92. The Hall–Kier alpha value is -1.42. The maximum Gasteiger partial charge on any atom is 0.230 e. The van der Waals surface area contributed by atoms with Crippen molar-refractivity contribution in [3.05, 3.63) is 35.6 Å². The van der Waals surface area contributed by atoms with Crippen molar-refractivity contribution in [2.75, 3.05) is 20.1 Å². The quantitative estimate of drug-likeness (QED) is 0.899. The molecule has 0 radical (unpaired) electrons. The van der Waals surface area contributed by atoms with E-state index in [9.17, 15) is 9.18 Å². The largest absolute Gasteiger partial charge is 0.351 e. The first-order valence-corrected chi connectivity index (χ1v) is 6.86. The Morgan fingerprint density at radius 2 is 2.05 bits per heavy atom. The van der Waals surface area contributed by atoms with E-state index in [1.165, 1.54) is 12.1 Å². The van der Waals surface area contributed by atoms with Crippen molar-refractivity contribution in [3.63, 3.8) is 0 Å². The van der Waals surface area contributed by atoms with Crippen LogP contribution in [-0.4, -0.2) is 37.0 Å². The number of likely N-dealkylation sites (N-methyl/N-ethyl adjacent to an activating group) is 1. The Labute approximate surface area is 112 Å². The molecule has 1 aliphatic heterocycles. The van der Waals surface area contributed by atoms with Crippen molar-refractivity contribution >= 4 is 5.91 Å². The molecule has 1 unspecified atom stereocenters. The van der Waals surface area contributed by atoms with E-state index >= 15 is 0 Å². The molecule has 1 aliphatic carbocycles. The van der Waals surface area contributed by atoms with Gasteiger partial charge < -0.3 is 10.2 Å². The van der Waals surface area contributed by atoms with E-state index in [4.69, 9.17) is 0 Å². The van der Waals surface area contributed by atoms with Crippen LogP contribution in [0.1, 0.15) is 24.8 Å². The Morgan fingerprint density at radius 3 is 2.58 bits per heavy atom. The number of carbonyl (C=O) groups is 1. The second-order valence-corrected chi connectivity index (χ2v) is 5.81. The molecule has 1 saturated heterocycles. The van der Waals surface area contributed by atoms with Crippen molar-refractivity contribution in [1.82, 2.24) is 10.2 Å². The van der Waals surface area contributed by atoms with Crippen LogP contribution in [0.25, 0.3) is 0 Å². The summed E-state index contributed by atoms with van der Waals surface area (Å²) in [5, 5.41) is 3.15. The van der Waals surface area contributed by atoms with E-state index in [0.29, 0.717) is 0 Å². The Balaban J connectivity index is 1.70. The van der Waals surface area contributed by atoms with Gasteiger partial charge in [0, 0.05) is 12.6 Å². The number of halogens is 1. The van der Waals surface area contributed by atoms with Crippen LogP contribution in [0.4, 0.5) is 4.39 Å². The monoisotopic (exact) mass is 262 g/mol. The third-order valence-corrected chi connectivity index (χ3v) is 4.31. The molecule has 2 fully saturated rings. The number of hydrogen-bond donors (Lipinski definition) is 1. The first-order valence-electron chi connectivity index (χ1n) is 6.86. The van der Waals surface area contributed by atoms with Crippen molar-refractivity contribution in [3.8, 4) is 0 Å². The van der Waals surface area contributed by atoms with E-state index in [1.54, 1.807) is 12.1 Å². The third-order valence-electron chi connectivity index (χ3n) is 4.31. The van der Waals surface area contributed by atoms with Gasteiger partial charge in [0.15, 0.2) is 0 Å². The number of nitrogens with one attached hydrogen (secondary N) is 1. The maximum atomic E-state index is 13.0. The second kappa shape index (κ2) is 4.60. The van der Waals surface area contributed by atoms with E-state index in [1.807, 2.05) is 0 Å². The number of likely N-dealkylation sites (tertiary alicyclic amines) is 1. The van der Waals surface area contributed by atoms with Crippen LogP contribution in [0, 0.1) is 5.82 Å². The van der Waals surface area contributed by atoms with Crippen molar-refractivity contribution in [2.45, 2.75) is 30.7 Å². The fourth-order valence-electron chi connectivity index (χ4n) is 2.92.